The minimum atomic E-state index is -3.15. The predicted octanol–water partition coefficient (Wildman–Crippen LogP) is 3.96. The van der Waals surface area contributed by atoms with Gasteiger partial charge in [-0.2, -0.15) is 4.99 Å². The lowest BCUT2D eigenvalue weighted by atomic mass is 10.1. The molecular formula is C20H18BrClN2O4S2. The lowest BCUT2D eigenvalue weighted by molar-refractivity contribution is -0.117. The van der Waals surface area contributed by atoms with Gasteiger partial charge in [0.2, 0.25) is 0 Å². The molecule has 2 atom stereocenters. The van der Waals surface area contributed by atoms with Crippen LogP contribution in [-0.4, -0.2) is 49.4 Å². The van der Waals surface area contributed by atoms with Crippen molar-refractivity contribution in [1.29, 1.82) is 0 Å². The third-order valence-electron chi connectivity index (χ3n) is 4.99. The van der Waals surface area contributed by atoms with Crippen LogP contribution in [0.15, 0.2) is 51.9 Å². The molecule has 0 N–H and O–H groups in total. The van der Waals surface area contributed by atoms with E-state index in [1.54, 1.807) is 30.2 Å². The Labute approximate surface area is 192 Å². The summed E-state index contributed by atoms with van der Waals surface area (Å²) in [4.78, 5) is 18.9. The summed E-state index contributed by atoms with van der Waals surface area (Å²) in [6.45, 7) is 0. The van der Waals surface area contributed by atoms with E-state index in [1.165, 1.54) is 11.8 Å². The second kappa shape index (κ2) is 8.53. The SMILES string of the molecule is COc1ccccc1CC(=O)N=C1S[C@@H]2CS(=O)(=O)C[C@@H]2N1c1ccc(Br)cc1Cl. The number of ether oxygens (including phenoxy) is 1. The number of rotatable bonds is 4. The number of amidine groups is 1. The van der Waals surface area contributed by atoms with Crippen molar-refractivity contribution >= 4 is 65.9 Å². The van der Waals surface area contributed by atoms with Crippen molar-refractivity contribution in [3.63, 3.8) is 0 Å². The molecule has 10 heteroatoms. The number of aliphatic imine (C=N–C) groups is 1. The monoisotopic (exact) mass is 528 g/mol. The number of methoxy groups -OCH3 is 1. The average Bonchev–Trinajstić information content (AvgIpc) is 3.13. The van der Waals surface area contributed by atoms with Gasteiger partial charge >= 0.3 is 0 Å². The highest BCUT2D eigenvalue weighted by Gasteiger charge is 2.49. The maximum atomic E-state index is 12.8. The summed E-state index contributed by atoms with van der Waals surface area (Å²) in [5, 5.41) is 0.747. The molecule has 0 aliphatic carbocycles. The van der Waals surface area contributed by atoms with Gasteiger partial charge in [0.1, 0.15) is 5.75 Å². The van der Waals surface area contributed by atoms with E-state index in [1.807, 2.05) is 24.3 Å². The summed E-state index contributed by atoms with van der Waals surface area (Å²) in [6, 6.07) is 12.4. The zero-order chi connectivity index (χ0) is 21.5. The molecule has 2 aromatic rings. The van der Waals surface area contributed by atoms with Gasteiger partial charge < -0.3 is 9.64 Å². The number of hydrogen-bond donors (Lipinski definition) is 0. The first-order valence-corrected chi connectivity index (χ1v) is 13.0. The minimum Gasteiger partial charge on any atom is -0.496 e. The zero-order valence-electron chi connectivity index (χ0n) is 15.9. The van der Waals surface area contributed by atoms with Crippen molar-refractivity contribution in [2.75, 3.05) is 23.5 Å². The van der Waals surface area contributed by atoms with Crippen LogP contribution in [0, 0.1) is 0 Å². The maximum Gasteiger partial charge on any atom is 0.252 e. The molecular weight excluding hydrogens is 512 g/mol. The second-order valence-corrected chi connectivity index (χ2v) is 11.7. The molecule has 6 nitrogen and oxygen atoms in total. The number of hydrogen-bond acceptors (Lipinski definition) is 5. The zero-order valence-corrected chi connectivity index (χ0v) is 19.9. The molecule has 0 unspecified atom stereocenters. The van der Waals surface area contributed by atoms with Gasteiger partial charge in [-0.15, -0.1) is 0 Å². The van der Waals surface area contributed by atoms with E-state index in [0.29, 0.717) is 21.6 Å². The number of halogens is 2. The van der Waals surface area contributed by atoms with Gasteiger partial charge in [0.15, 0.2) is 15.0 Å². The van der Waals surface area contributed by atoms with Crippen LogP contribution in [0.3, 0.4) is 0 Å². The normalized spacial score (nSPS) is 23.6. The first-order valence-electron chi connectivity index (χ1n) is 9.12. The number of carbonyl (C=O) groups is 1. The quantitative estimate of drug-likeness (QED) is 0.597. The molecule has 158 valence electrons. The van der Waals surface area contributed by atoms with Crippen LogP contribution in [0.1, 0.15) is 5.56 Å². The number of amides is 1. The Bertz CT molecular complexity index is 1140. The predicted molar refractivity (Wildman–Crippen MR) is 125 cm³/mol. The maximum absolute atomic E-state index is 12.8. The van der Waals surface area contributed by atoms with Crippen molar-refractivity contribution in [2.45, 2.75) is 17.7 Å². The molecule has 2 fully saturated rings. The number of benzene rings is 2. The molecule has 4 rings (SSSR count). The summed E-state index contributed by atoms with van der Waals surface area (Å²) in [5.74, 6) is 0.368. The van der Waals surface area contributed by atoms with Crippen molar-refractivity contribution < 1.29 is 17.9 Å². The van der Waals surface area contributed by atoms with Crippen molar-refractivity contribution in [3.05, 3.63) is 57.5 Å². The first kappa shape index (κ1) is 21.7. The van der Waals surface area contributed by atoms with Gasteiger partial charge in [-0.1, -0.05) is 57.5 Å². The fraction of sp³-hybridized carbons (Fsp3) is 0.300. The number of thioether (sulfide) groups is 1. The third-order valence-corrected chi connectivity index (χ3v) is 9.00. The molecule has 0 aromatic heterocycles. The number of para-hydroxylation sites is 1. The molecule has 0 bridgehead atoms. The summed E-state index contributed by atoms with van der Waals surface area (Å²) in [7, 11) is -1.59. The lowest BCUT2D eigenvalue weighted by Gasteiger charge is -2.25. The van der Waals surface area contributed by atoms with Crippen LogP contribution in [0.25, 0.3) is 0 Å². The molecule has 30 heavy (non-hydrogen) atoms. The van der Waals surface area contributed by atoms with E-state index in [2.05, 4.69) is 20.9 Å². The number of sulfone groups is 1. The van der Waals surface area contributed by atoms with Gasteiger partial charge in [0.05, 0.1) is 41.8 Å². The molecule has 0 radical (unpaired) electrons. The lowest BCUT2D eigenvalue weighted by Crippen LogP contribution is -2.38. The van der Waals surface area contributed by atoms with Gasteiger partial charge in [0.25, 0.3) is 5.91 Å². The highest BCUT2D eigenvalue weighted by molar-refractivity contribution is 9.10. The van der Waals surface area contributed by atoms with E-state index in [0.717, 1.165) is 10.0 Å². The minimum absolute atomic E-state index is 0.0107. The fourth-order valence-electron chi connectivity index (χ4n) is 3.68. The van der Waals surface area contributed by atoms with Crippen LogP contribution < -0.4 is 9.64 Å². The topological polar surface area (TPSA) is 76.0 Å². The van der Waals surface area contributed by atoms with Crippen LogP contribution in [-0.2, 0) is 21.1 Å². The highest BCUT2D eigenvalue weighted by Crippen LogP contribution is 2.43. The standard InChI is InChI=1S/C20H18BrClN2O4S2/c1-28-17-5-3-2-4-12(17)8-19(25)23-20-24(15-7-6-13(21)9-14(15)22)16-10-30(26,27)11-18(16)29-20/h2-7,9,16,18H,8,10-11H2,1H3/t16-,18+/m0/s1. The molecule has 2 aliphatic heterocycles. The molecule has 2 saturated heterocycles. The van der Waals surface area contributed by atoms with E-state index >= 15 is 0 Å². The van der Waals surface area contributed by atoms with E-state index in [9.17, 15) is 13.2 Å². The smallest absolute Gasteiger partial charge is 0.252 e. The Kier molecular flexibility index (Phi) is 6.16. The molecule has 2 heterocycles. The summed E-state index contributed by atoms with van der Waals surface area (Å²) >= 11 is 11.2. The average molecular weight is 530 g/mol. The largest absolute Gasteiger partial charge is 0.496 e. The van der Waals surface area contributed by atoms with Crippen LogP contribution in [0.5, 0.6) is 5.75 Å². The van der Waals surface area contributed by atoms with E-state index < -0.39 is 9.84 Å². The first-order chi connectivity index (χ1) is 14.3. The summed E-state index contributed by atoms with van der Waals surface area (Å²) < 4.78 is 30.5. The molecule has 0 spiro atoms. The molecule has 1 amide bonds. The fourth-order valence-corrected chi connectivity index (χ4v) is 8.37. The van der Waals surface area contributed by atoms with E-state index in [4.69, 9.17) is 16.3 Å². The Morgan fingerprint density at radius 1 is 1.30 bits per heavy atom. The number of carbonyl (C=O) groups excluding carboxylic acids is 1. The van der Waals surface area contributed by atoms with Gasteiger partial charge in [-0.05, 0) is 24.3 Å². The highest BCUT2D eigenvalue weighted by atomic mass is 79.9. The van der Waals surface area contributed by atoms with Crippen LogP contribution in [0.2, 0.25) is 5.02 Å². The van der Waals surface area contributed by atoms with Gasteiger partial charge in [-0.3, -0.25) is 4.79 Å². The van der Waals surface area contributed by atoms with E-state index in [-0.39, 0.29) is 35.1 Å². The Morgan fingerprint density at radius 2 is 2.07 bits per heavy atom. The Balaban J connectivity index is 1.68. The van der Waals surface area contributed by atoms with Gasteiger partial charge in [-0.25, -0.2) is 8.42 Å². The summed E-state index contributed by atoms with van der Waals surface area (Å²) in [5.41, 5.74) is 1.38. The Hall–Kier alpha value is -1.55. The Morgan fingerprint density at radius 3 is 2.80 bits per heavy atom. The van der Waals surface area contributed by atoms with Crippen molar-refractivity contribution in [2.24, 2.45) is 4.99 Å². The second-order valence-electron chi connectivity index (χ2n) is 7.04. The third kappa shape index (κ3) is 4.39. The van der Waals surface area contributed by atoms with Crippen molar-refractivity contribution in [3.8, 4) is 5.75 Å². The van der Waals surface area contributed by atoms with Crippen LogP contribution in [0.4, 0.5) is 5.69 Å². The molecule has 2 aromatic carbocycles. The molecule has 0 saturated carbocycles. The summed E-state index contributed by atoms with van der Waals surface area (Å²) in [6.07, 6.45) is 0.0869. The van der Waals surface area contributed by atoms with Gasteiger partial charge in [0, 0.05) is 15.3 Å². The molecule has 2 aliphatic rings. The number of anilines is 1. The van der Waals surface area contributed by atoms with Crippen LogP contribution >= 0.6 is 39.3 Å². The number of nitrogens with zero attached hydrogens (tertiary/aromatic N) is 2. The van der Waals surface area contributed by atoms with Crippen molar-refractivity contribution in [1.82, 2.24) is 0 Å². The number of fused-ring (bicyclic) bond motifs is 1.